The van der Waals surface area contributed by atoms with Crippen LogP contribution in [0.5, 0.6) is 5.75 Å². The van der Waals surface area contributed by atoms with Gasteiger partial charge in [0.2, 0.25) is 5.91 Å². The SMILES string of the molecule is CC(=O)c1ccccc1-c1ccc2c(c1)C[C@@H](CNC(=O)[C@H](C)c1ccccc1)O2. The van der Waals surface area contributed by atoms with Crippen LogP contribution in [-0.2, 0) is 11.2 Å². The van der Waals surface area contributed by atoms with Gasteiger partial charge < -0.3 is 10.1 Å². The van der Waals surface area contributed by atoms with Crippen molar-refractivity contribution in [2.45, 2.75) is 32.3 Å². The van der Waals surface area contributed by atoms with E-state index in [-0.39, 0.29) is 23.7 Å². The number of amides is 1. The molecule has 1 amide bonds. The van der Waals surface area contributed by atoms with Crippen molar-refractivity contribution in [3.05, 3.63) is 89.5 Å². The molecule has 3 aromatic carbocycles. The van der Waals surface area contributed by atoms with E-state index < -0.39 is 0 Å². The summed E-state index contributed by atoms with van der Waals surface area (Å²) in [6.45, 7) is 3.96. The lowest BCUT2D eigenvalue weighted by Gasteiger charge is -2.15. The predicted molar refractivity (Wildman–Crippen MR) is 118 cm³/mol. The van der Waals surface area contributed by atoms with Gasteiger partial charge in [0.25, 0.3) is 0 Å². The summed E-state index contributed by atoms with van der Waals surface area (Å²) in [6.07, 6.45) is 0.635. The minimum absolute atomic E-state index is 0.00293. The Morgan fingerprint density at radius 2 is 1.77 bits per heavy atom. The van der Waals surface area contributed by atoms with Gasteiger partial charge in [-0.05, 0) is 48.2 Å². The van der Waals surface area contributed by atoms with Gasteiger partial charge in [-0.25, -0.2) is 0 Å². The van der Waals surface area contributed by atoms with Crippen molar-refractivity contribution in [2.75, 3.05) is 6.54 Å². The molecule has 1 aliphatic heterocycles. The number of rotatable bonds is 6. The van der Waals surface area contributed by atoms with Crippen LogP contribution in [0.1, 0.15) is 41.3 Å². The molecule has 0 aromatic heterocycles. The van der Waals surface area contributed by atoms with E-state index in [1.165, 1.54) is 0 Å². The fraction of sp³-hybridized carbons (Fsp3) is 0.231. The van der Waals surface area contributed by atoms with Crippen molar-refractivity contribution < 1.29 is 14.3 Å². The molecule has 0 aliphatic carbocycles. The average Bonchev–Trinajstić information content (AvgIpc) is 3.19. The van der Waals surface area contributed by atoms with Crippen molar-refractivity contribution in [1.29, 1.82) is 0 Å². The molecule has 4 nitrogen and oxygen atoms in total. The number of carbonyl (C=O) groups excluding carboxylic acids is 2. The molecule has 152 valence electrons. The summed E-state index contributed by atoms with van der Waals surface area (Å²) in [4.78, 5) is 24.5. The van der Waals surface area contributed by atoms with Gasteiger partial charge in [-0.2, -0.15) is 0 Å². The standard InChI is InChI=1S/C26H25NO3/c1-17(19-8-4-3-5-9-19)26(29)27-16-22-15-21-14-20(12-13-25(21)30-22)24-11-7-6-10-23(24)18(2)28/h3-14,17,22H,15-16H2,1-2H3,(H,27,29)/t17-,22+/m1/s1. The summed E-state index contributed by atoms with van der Waals surface area (Å²) in [5.41, 5.74) is 4.75. The lowest BCUT2D eigenvalue weighted by molar-refractivity contribution is -0.122. The van der Waals surface area contributed by atoms with Crippen LogP contribution in [0.4, 0.5) is 0 Å². The van der Waals surface area contributed by atoms with Crippen LogP contribution in [0.2, 0.25) is 0 Å². The predicted octanol–water partition coefficient (Wildman–Crippen LogP) is 4.78. The lowest BCUT2D eigenvalue weighted by atomic mass is 9.95. The number of hydrogen-bond donors (Lipinski definition) is 1. The van der Waals surface area contributed by atoms with E-state index in [1.807, 2.05) is 73.7 Å². The Morgan fingerprint density at radius 3 is 2.53 bits per heavy atom. The van der Waals surface area contributed by atoms with Crippen LogP contribution < -0.4 is 10.1 Å². The fourth-order valence-electron chi connectivity index (χ4n) is 3.90. The highest BCUT2D eigenvalue weighted by Crippen LogP contribution is 2.34. The van der Waals surface area contributed by atoms with Gasteiger partial charge in [-0.15, -0.1) is 0 Å². The summed E-state index contributed by atoms with van der Waals surface area (Å²) in [5, 5.41) is 3.02. The highest BCUT2D eigenvalue weighted by atomic mass is 16.5. The molecule has 0 unspecified atom stereocenters. The van der Waals surface area contributed by atoms with Crippen molar-refractivity contribution in [3.63, 3.8) is 0 Å². The Hall–Kier alpha value is -3.40. The van der Waals surface area contributed by atoms with Crippen LogP contribution >= 0.6 is 0 Å². The molecule has 4 heteroatoms. The van der Waals surface area contributed by atoms with Gasteiger partial charge in [0.05, 0.1) is 12.5 Å². The third-order valence-electron chi connectivity index (χ3n) is 5.62. The number of fused-ring (bicyclic) bond motifs is 1. The average molecular weight is 399 g/mol. The molecule has 30 heavy (non-hydrogen) atoms. The van der Waals surface area contributed by atoms with Gasteiger partial charge >= 0.3 is 0 Å². The summed E-state index contributed by atoms with van der Waals surface area (Å²) < 4.78 is 6.03. The Labute approximate surface area is 176 Å². The molecule has 0 saturated carbocycles. The first-order valence-corrected chi connectivity index (χ1v) is 10.3. The Kier molecular flexibility index (Phi) is 5.66. The number of ketones is 1. The molecule has 1 heterocycles. The van der Waals surface area contributed by atoms with E-state index >= 15 is 0 Å². The Bertz CT molecular complexity index is 1070. The highest BCUT2D eigenvalue weighted by molar-refractivity contribution is 6.00. The van der Waals surface area contributed by atoms with E-state index in [1.54, 1.807) is 6.92 Å². The Balaban J connectivity index is 1.42. The van der Waals surface area contributed by atoms with Gasteiger partial charge in [0.1, 0.15) is 11.9 Å². The largest absolute Gasteiger partial charge is 0.488 e. The topological polar surface area (TPSA) is 55.4 Å². The molecule has 0 fully saturated rings. The van der Waals surface area contributed by atoms with E-state index in [0.717, 1.165) is 40.0 Å². The number of Topliss-reactive ketones (excluding diaryl/α,β-unsaturated/α-hetero) is 1. The van der Waals surface area contributed by atoms with Gasteiger partial charge in [0.15, 0.2) is 5.78 Å². The quantitative estimate of drug-likeness (QED) is 0.607. The smallest absolute Gasteiger partial charge is 0.227 e. The Morgan fingerprint density at radius 1 is 1.03 bits per heavy atom. The second-order valence-corrected chi connectivity index (χ2v) is 7.75. The summed E-state index contributed by atoms with van der Waals surface area (Å²) >= 11 is 0. The first-order chi connectivity index (χ1) is 14.5. The van der Waals surface area contributed by atoms with Crippen LogP contribution in [0.25, 0.3) is 11.1 Å². The molecule has 4 rings (SSSR count). The number of hydrogen-bond acceptors (Lipinski definition) is 3. The number of carbonyl (C=O) groups is 2. The minimum Gasteiger partial charge on any atom is -0.488 e. The normalized spacial score (nSPS) is 15.7. The molecule has 0 radical (unpaired) electrons. The fourth-order valence-corrected chi connectivity index (χ4v) is 3.90. The maximum atomic E-state index is 12.5. The highest BCUT2D eigenvalue weighted by Gasteiger charge is 2.25. The van der Waals surface area contributed by atoms with Gasteiger partial charge in [-0.1, -0.05) is 60.7 Å². The molecular weight excluding hydrogens is 374 g/mol. The molecular formula is C26H25NO3. The summed E-state index contributed by atoms with van der Waals surface area (Å²) in [5.74, 6) is 0.686. The zero-order valence-corrected chi connectivity index (χ0v) is 17.2. The molecule has 3 aromatic rings. The minimum atomic E-state index is -0.204. The van der Waals surface area contributed by atoms with E-state index in [0.29, 0.717) is 6.54 Å². The second-order valence-electron chi connectivity index (χ2n) is 7.75. The van der Waals surface area contributed by atoms with E-state index in [4.69, 9.17) is 4.74 Å². The van der Waals surface area contributed by atoms with Gasteiger partial charge in [-0.3, -0.25) is 9.59 Å². The maximum Gasteiger partial charge on any atom is 0.227 e. The molecule has 2 atom stereocenters. The maximum absolute atomic E-state index is 12.5. The third-order valence-corrected chi connectivity index (χ3v) is 5.62. The number of benzene rings is 3. The summed E-state index contributed by atoms with van der Waals surface area (Å²) in [6, 6.07) is 23.4. The molecule has 1 N–H and O–H groups in total. The van der Waals surface area contributed by atoms with E-state index in [9.17, 15) is 9.59 Å². The van der Waals surface area contributed by atoms with Crippen LogP contribution in [0.3, 0.4) is 0 Å². The molecule has 0 saturated heterocycles. The van der Waals surface area contributed by atoms with Crippen molar-refractivity contribution >= 4 is 11.7 Å². The first-order valence-electron chi connectivity index (χ1n) is 10.3. The summed E-state index contributed by atoms with van der Waals surface area (Å²) in [7, 11) is 0. The zero-order valence-electron chi connectivity index (χ0n) is 17.2. The van der Waals surface area contributed by atoms with Crippen molar-refractivity contribution in [3.8, 4) is 16.9 Å². The first kappa shape index (κ1) is 19.9. The molecule has 0 spiro atoms. The van der Waals surface area contributed by atoms with Gasteiger partial charge in [0, 0.05) is 12.0 Å². The van der Waals surface area contributed by atoms with Crippen LogP contribution in [-0.4, -0.2) is 24.3 Å². The third kappa shape index (κ3) is 4.13. The van der Waals surface area contributed by atoms with Crippen LogP contribution in [0, 0.1) is 0 Å². The zero-order chi connectivity index (χ0) is 21.1. The van der Waals surface area contributed by atoms with Crippen molar-refractivity contribution in [2.24, 2.45) is 0 Å². The number of ether oxygens (including phenoxy) is 1. The second kappa shape index (κ2) is 8.54. The van der Waals surface area contributed by atoms with Crippen LogP contribution in [0.15, 0.2) is 72.8 Å². The molecule has 1 aliphatic rings. The van der Waals surface area contributed by atoms with E-state index in [2.05, 4.69) is 11.4 Å². The molecule has 0 bridgehead atoms. The number of nitrogens with one attached hydrogen (secondary N) is 1. The van der Waals surface area contributed by atoms with Crippen molar-refractivity contribution in [1.82, 2.24) is 5.32 Å². The monoisotopic (exact) mass is 399 g/mol. The lowest BCUT2D eigenvalue weighted by Crippen LogP contribution is -2.36.